The van der Waals surface area contributed by atoms with E-state index in [2.05, 4.69) is 9.97 Å². The summed E-state index contributed by atoms with van der Waals surface area (Å²) < 4.78 is 37.0. The molecule has 0 bridgehead atoms. The third-order valence-electron chi connectivity index (χ3n) is 2.26. The molecule has 0 atom stereocenters. The van der Waals surface area contributed by atoms with E-state index in [9.17, 15) is 13.2 Å². The van der Waals surface area contributed by atoms with Crippen molar-refractivity contribution < 1.29 is 13.2 Å². The van der Waals surface area contributed by atoms with Crippen molar-refractivity contribution >= 4 is 11.6 Å². The SMILES string of the molecule is FC(F)(F)c1cnc(-c2ccc(CCl)cc2)[nH]1. The van der Waals surface area contributed by atoms with E-state index in [4.69, 9.17) is 11.6 Å². The Bertz CT molecular complexity index is 502. The van der Waals surface area contributed by atoms with Crippen molar-refractivity contribution in [3.63, 3.8) is 0 Å². The van der Waals surface area contributed by atoms with Gasteiger partial charge in [0.15, 0.2) is 0 Å². The van der Waals surface area contributed by atoms with E-state index < -0.39 is 11.9 Å². The number of benzene rings is 1. The molecular formula is C11H8ClF3N2. The lowest BCUT2D eigenvalue weighted by atomic mass is 10.1. The lowest BCUT2D eigenvalue weighted by molar-refractivity contribution is -0.140. The Morgan fingerprint density at radius 3 is 2.29 bits per heavy atom. The van der Waals surface area contributed by atoms with Crippen molar-refractivity contribution in [2.75, 3.05) is 0 Å². The molecule has 0 fully saturated rings. The quantitative estimate of drug-likeness (QED) is 0.817. The first kappa shape index (κ1) is 12.0. The number of imidazole rings is 1. The molecule has 1 aromatic carbocycles. The van der Waals surface area contributed by atoms with Crippen LogP contribution in [0.15, 0.2) is 30.5 Å². The second-order valence-corrected chi connectivity index (χ2v) is 3.74. The van der Waals surface area contributed by atoms with Crippen LogP contribution in [0.1, 0.15) is 11.3 Å². The van der Waals surface area contributed by atoms with Gasteiger partial charge in [0.1, 0.15) is 11.5 Å². The smallest absolute Gasteiger partial charge is 0.334 e. The fraction of sp³-hybridized carbons (Fsp3) is 0.182. The summed E-state index contributed by atoms with van der Waals surface area (Å²) in [5.74, 6) is 0.560. The molecule has 2 aromatic rings. The summed E-state index contributed by atoms with van der Waals surface area (Å²) in [4.78, 5) is 5.94. The summed E-state index contributed by atoms with van der Waals surface area (Å²) in [6.45, 7) is 0. The molecule has 1 heterocycles. The molecule has 1 N–H and O–H groups in total. The highest BCUT2D eigenvalue weighted by Gasteiger charge is 2.32. The Balaban J connectivity index is 2.30. The Labute approximate surface area is 100 Å². The largest absolute Gasteiger partial charge is 0.432 e. The minimum absolute atomic E-state index is 0.193. The highest BCUT2D eigenvalue weighted by atomic mass is 35.5. The summed E-state index contributed by atoms with van der Waals surface area (Å²) in [7, 11) is 0. The maximum Gasteiger partial charge on any atom is 0.432 e. The third-order valence-corrected chi connectivity index (χ3v) is 2.57. The molecule has 6 heteroatoms. The Hall–Kier alpha value is -1.49. The van der Waals surface area contributed by atoms with E-state index in [1.807, 2.05) is 0 Å². The van der Waals surface area contributed by atoms with Gasteiger partial charge in [-0.3, -0.25) is 0 Å². The summed E-state index contributed by atoms with van der Waals surface area (Å²) in [5, 5.41) is 0. The van der Waals surface area contributed by atoms with Crippen LogP contribution >= 0.6 is 11.6 Å². The minimum Gasteiger partial charge on any atom is -0.334 e. The van der Waals surface area contributed by atoms with Gasteiger partial charge in [0.2, 0.25) is 0 Å². The molecule has 0 unspecified atom stereocenters. The summed E-state index contributed by atoms with van der Waals surface area (Å²) in [6, 6.07) is 6.85. The summed E-state index contributed by atoms with van der Waals surface area (Å²) in [6.07, 6.45) is -3.62. The average Bonchev–Trinajstić information content (AvgIpc) is 2.78. The molecule has 2 nitrogen and oxygen atoms in total. The van der Waals surface area contributed by atoms with E-state index in [-0.39, 0.29) is 5.82 Å². The van der Waals surface area contributed by atoms with Gasteiger partial charge < -0.3 is 4.98 Å². The molecule has 0 amide bonds. The number of aromatic nitrogens is 2. The number of aromatic amines is 1. The Morgan fingerprint density at radius 2 is 1.82 bits per heavy atom. The maximum absolute atomic E-state index is 12.3. The van der Waals surface area contributed by atoms with E-state index in [0.29, 0.717) is 11.4 Å². The molecule has 0 spiro atoms. The second-order valence-electron chi connectivity index (χ2n) is 3.47. The maximum atomic E-state index is 12.3. The lowest BCUT2D eigenvalue weighted by Gasteiger charge is -2.02. The topological polar surface area (TPSA) is 28.7 Å². The van der Waals surface area contributed by atoms with E-state index in [1.54, 1.807) is 24.3 Å². The van der Waals surface area contributed by atoms with Crippen molar-refractivity contribution in [1.82, 2.24) is 9.97 Å². The summed E-state index contributed by atoms with van der Waals surface area (Å²) in [5.41, 5.74) is 0.640. The van der Waals surface area contributed by atoms with Crippen LogP contribution in [-0.4, -0.2) is 9.97 Å². The van der Waals surface area contributed by atoms with Gasteiger partial charge >= 0.3 is 6.18 Å². The van der Waals surface area contributed by atoms with Crippen LogP contribution in [0.4, 0.5) is 13.2 Å². The second kappa shape index (κ2) is 4.41. The van der Waals surface area contributed by atoms with Crippen LogP contribution in [0, 0.1) is 0 Å². The number of alkyl halides is 4. The first-order valence-electron chi connectivity index (χ1n) is 4.78. The van der Waals surface area contributed by atoms with Crippen LogP contribution in [0.3, 0.4) is 0 Å². The molecule has 0 saturated carbocycles. The average molecular weight is 261 g/mol. The zero-order valence-electron chi connectivity index (χ0n) is 8.55. The van der Waals surface area contributed by atoms with E-state index in [0.717, 1.165) is 11.8 Å². The molecule has 0 aliphatic heterocycles. The van der Waals surface area contributed by atoms with Gasteiger partial charge in [0, 0.05) is 11.4 Å². The van der Waals surface area contributed by atoms with Crippen molar-refractivity contribution in [3.8, 4) is 11.4 Å². The van der Waals surface area contributed by atoms with Crippen molar-refractivity contribution in [1.29, 1.82) is 0 Å². The number of halogens is 4. The highest BCUT2D eigenvalue weighted by molar-refractivity contribution is 6.17. The zero-order chi connectivity index (χ0) is 12.5. The van der Waals surface area contributed by atoms with E-state index in [1.165, 1.54) is 0 Å². The zero-order valence-corrected chi connectivity index (χ0v) is 9.31. The van der Waals surface area contributed by atoms with Gasteiger partial charge in [-0.15, -0.1) is 11.6 Å². The third kappa shape index (κ3) is 2.61. The van der Waals surface area contributed by atoms with Crippen molar-refractivity contribution in [2.45, 2.75) is 12.1 Å². The van der Waals surface area contributed by atoms with Crippen molar-refractivity contribution in [2.24, 2.45) is 0 Å². The molecule has 0 aliphatic carbocycles. The number of H-pyrrole nitrogens is 1. The first-order chi connectivity index (χ1) is 8.00. The molecule has 1 aromatic heterocycles. The van der Waals surface area contributed by atoms with Crippen LogP contribution < -0.4 is 0 Å². The fourth-order valence-electron chi connectivity index (χ4n) is 1.36. The van der Waals surface area contributed by atoms with Gasteiger partial charge in [0.05, 0.1) is 6.20 Å². The van der Waals surface area contributed by atoms with Crippen LogP contribution in [0.25, 0.3) is 11.4 Å². The number of nitrogens with one attached hydrogen (secondary N) is 1. The Morgan fingerprint density at radius 1 is 1.18 bits per heavy atom. The van der Waals surface area contributed by atoms with E-state index >= 15 is 0 Å². The molecule has 0 saturated heterocycles. The minimum atomic E-state index is -4.40. The predicted molar refractivity (Wildman–Crippen MR) is 58.6 cm³/mol. The number of nitrogens with zero attached hydrogens (tertiary/aromatic N) is 1. The summed E-state index contributed by atoms with van der Waals surface area (Å²) >= 11 is 5.62. The van der Waals surface area contributed by atoms with Crippen LogP contribution in [-0.2, 0) is 12.1 Å². The first-order valence-corrected chi connectivity index (χ1v) is 5.31. The van der Waals surface area contributed by atoms with Gasteiger partial charge in [-0.1, -0.05) is 24.3 Å². The standard InChI is InChI=1S/C11H8ClF3N2/c12-5-7-1-3-8(4-2-7)10-16-6-9(17-10)11(13,14)15/h1-4,6H,5H2,(H,16,17). The Kier molecular flexibility index (Phi) is 3.11. The molecule has 0 aliphatic rings. The highest BCUT2D eigenvalue weighted by Crippen LogP contribution is 2.29. The number of hydrogen-bond acceptors (Lipinski definition) is 1. The molecule has 90 valence electrons. The lowest BCUT2D eigenvalue weighted by Crippen LogP contribution is -2.04. The molecule has 17 heavy (non-hydrogen) atoms. The van der Waals surface area contributed by atoms with Crippen LogP contribution in [0.5, 0.6) is 0 Å². The van der Waals surface area contributed by atoms with Gasteiger partial charge in [-0.2, -0.15) is 13.2 Å². The molecule has 2 rings (SSSR count). The van der Waals surface area contributed by atoms with Gasteiger partial charge in [0.25, 0.3) is 0 Å². The molecule has 0 radical (unpaired) electrons. The predicted octanol–water partition coefficient (Wildman–Crippen LogP) is 3.83. The van der Waals surface area contributed by atoms with Gasteiger partial charge in [-0.05, 0) is 5.56 Å². The van der Waals surface area contributed by atoms with Crippen molar-refractivity contribution in [3.05, 3.63) is 41.7 Å². The number of hydrogen-bond donors (Lipinski definition) is 1. The fourth-order valence-corrected chi connectivity index (χ4v) is 1.54. The van der Waals surface area contributed by atoms with Crippen LogP contribution in [0.2, 0.25) is 0 Å². The number of rotatable bonds is 2. The monoisotopic (exact) mass is 260 g/mol. The normalized spacial score (nSPS) is 11.8. The van der Waals surface area contributed by atoms with Gasteiger partial charge in [-0.25, -0.2) is 4.98 Å². The molecular weight excluding hydrogens is 253 g/mol.